The Kier molecular flexibility index (Phi) is 3.49. The summed E-state index contributed by atoms with van der Waals surface area (Å²) in [6.07, 6.45) is 0. The molecular formula is C10H12FNO3. The minimum absolute atomic E-state index is 0.209. The van der Waals surface area contributed by atoms with Crippen LogP contribution in [-0.2, 0) is 4.79 Å². The number of carboxylic acid groups (broad SMARTS) is 1. The summed E-state index contributed by atoms with van der Waals surface area (Å²) < 4.78 is 18.0. The van der Waals surface area contributed by atoms with E-state index in [1.165, 1.54) is 30.2 Å². The van der Waals surface area contributed by atoms with Gasteiger partial charge in [-0.3, -0.25) is 4.79 Å². The van der Waals surface area contributed by atoms with E-state index in [0.29, 0.717) is 11.4 Å². The number of carbonyl (C=O) groups is 1. The summed E-state index contributed by atoms with van der Waals surface area (Å²) in [4.78, 5) is 11.9. The molecule has 1 N–H and O–H groups in total. The zero-order valence-electron chi connectivity index (χ0n) is 8.53. The third-order valence-electron chi connectivity index (χ3n) is 1.92. The number of nitrogens with zero attached hydrogens (tertiary/aromatic N) is 1. The lowest BCUT2D eigenvalue weighted by molar-refractivity contribution is -0.135. The Morgan fingerprint density at radius 1 is 1.60 bits per heavy atom. The summed E-state index contributed by atoms with van der Waals surface area (Å²) in [5.74, 6) is -0.966. The molecule has 0 aliphatic rings. The van der Waals surface area contributed by atoms with Crippen LogP contribution in [-0.4, -0.2) is 31.8 Å². The van der Waals surface area contributed by atoms with Gasteiger partial charge in [0, 0.05) is 13.1 Å². The highest BCUT2D eigenvalue weighted by Gasteiger charge is 2.11. The van der Waals surface area contributed by atoms with Crippen molar-refractivity contribution in [2.24, 2.45) is 0 Å². The zero-order chi connectivity index (χ0) is 11.4. The molecule has 0 spiro atoms. The number of aliphatic carboxylic acids is 1. The van der Waals surface area contributed by atoms with Gasteiger partial charge >= 0.3 is 5.97 Å². The predicted molar refractivity (Wildman–Crippen MR) is 53.9 cm³/mol. The number of hydrogen-bond donors (Lipinski definition) is 1. The second-order valence-corrected chi connectivity index (χ2v) is 3.07. The highest BCUT2D eigenvalue weighted by molar-refractivity contribution is 5.74. The number of anilines is 1. The molecule has 0 atom stereocenters. The van der Waals surface area contributed by atoms with Gasteiger partial charge in [0.2, 0.25) is 0 Å². The monoisotopic (exact) mass is 213 g/mol. The molecule has 0 saturated heterocycles. The first kappa shape index (κ1) is 11.3. The quantitative estimate of drug-likeness (QED) is 0.820. The fourth-order valence-electron chi connectivity index (χ4n) is 1.25. The van der Waals surface area contributed by atoms with Gasteiger partial charge in [0.25, 0.3) is 0 Å². The maximum atomic E-state index is 13.0. The number of benzene rings is 1. The molecule has 0 saturated carbocycles. The zero-order valence-corrected chi connectivity index (χ0v) is 8.53. The SMILES string of the molecule is COc1ccc(F)cc1N(C)CC(=O)O. The third-order valence-corrected chi connectivity index (χ3v) is 1.92. The number of methoxy groups -OCH3 is 1. The number of halogens is 1. The van der Waals surface area contributed by atoms with E-state index in [2.05, 4.69) is 0 Å². The van der Waals surface area contributed by atoms with E-state index in [1.54, 1.807) is 7.05 Å². The van der Waals surface area contributed by atoms with Crippen molar-refractivity contribution >= 4 is 11.7 Å². The van der Waals surface area contributed by atoms with E-state index in [-0.39, 0.29) is 6.54 Å². The molecule has 4 nitrogen and oxygen atoms in total. The van der Waals surface area contributed by atoms with Crippen molar-refractivity contribution in [3.8, 4) is 5.75 Å². The van der Waals surface area contributed by atoms with Gasteiger partial charge in [0.05, 0.1) is 12.8 Å². The van der Waals surface area contributed by atoms with Crippen LogP contribution in [0.15, 0.2) is 18.2 Å². The normalized spacial score (nSPS) is 9.80. The van der Waals surface area contributed by atoms with Gasteiger partial charge in [0.15, 0.2) is 0 Å². The Morgan fingerprint density at radius 3 is 2.80 bits per heavy atom. The molecule has 0 unspecified atom stereocenters. The standard InChI is InChI=1S/C10H12FNO3/c1-12(6-10(13)14)8-5-7(11)3-4-9(8)15-2/h3-5H,6H2,1-2H3,(H,13,14). The van der Waals surface area contributed by atoms with E-state index in [4.69, 9.17) is 9.84 Å². The highest BCUT2D eigenvalue weighted by atomic mass is 19.1. The molecule has 0 aliphatic carbocycles. The lowest BCUT2D eigenvalue weighted by Gasteiger charge is -2.19. The van der Waals surface area contributed by atoms with Crippen LogP contribution in [0, 0.1) is 5.82 Å². The first-order valence-electron chi connectivity index (χ1n) is 4.31. The van der Waals surface area contributed by atoms with E-state index in [1.807, 2.05) is 0 Å². The van der Waals surface area contributed by atoms with Crippen LogP contribution in [0.1, 0.15) is 0 Å². The molecule has 0 amide bonds. The van der Waals surface area contributed by atoms with Crippen LogP contribution < -0.4 is 9.64 Å². The number of hydrogen-bond acceptors (Lipinski definition) is 3. The van der Waals surface area contributed by atoms with Gasteiger partial charge in [0.1, 0.15) is 18.1 Å². The summed E-state index contributed by atoms with van der Waals surface area (Å²) in [6, 6.07) is 3.96. The molecular weight excluding hydrogens is 201 g/mol. The summed E-state index contributed by atoms with van der Waals surface area (Å²) in [5.41, 5.74) is 0.417. The van der Waals surface area contributed by atoms with Crippen LogP contribution in [0.4, 0.5) is 10.1 Å². The van der Waals surface area contributed by atoms with E-state index in [0.717, 1.165) is 0 Å². The lowest BCUT2D eigenvalue weighted by Crippen LogP contribution is -2.25. The van der Waals surface area contributed by atoms with Gasteiger partial charge in [-0.25, -0.2) is 4.39 Å². The van der Waals surface area contributed by atoms with E-state index >= 15 is 0 Å². The minimum atomic E-state index is -0.983. The Hall–Kier alpha value is -1.78. The molecule has 1 aromatic rings. The molecule has 15 heavy (non-hydrogen) atoms. The lowest BCUT2D eigenvalue weighted by atomic mass is 10.2. The Labute approximate surface area is 86.9 Å². The van der Waals surface area contributed by atoms with Crippen LogP contribution in [0.3, 0.4) is 0 Å². The first-order chi connectivity index (χ1) is 7.04. The maximum Gasteiger partial charge on any atom is 0.323 e. The molecule has 5 heteroatoms. The number of carboxylic acids is 1. The van der Waals surface area contributed by atoms with Gasteiger partial charge in [-0.2, -0.15) is 0 Å². The highest BCUT2D eigenvalue weighted by Crippen LogP contribution is 2.27. The van der Waals surface area contributed by atoms with E-state index in [9.17, 15) is 9.18 Å². The van der Waals surface area contributed by atoms with Crippen LogP contribution in [0.2, 0.25) is 0 Å². The predicted octanol–water partition coefficient (Wildman–Crippen LogP) is 1.36. The van der Waals surface area contributed by atoms with Crippen molar-refractivity contribution in [1.82, 2.24) is 0 Å². The molecule has 0 aromatic heterocycles. The molecule has 0 bridgehead atoms. The molecule has 1 rings (SSSR count). The fourth-order valence-corrected chi connectivity index (χ4v) is 1.25. The summed E-state index contributed by atoms with van der Waals surface area (Å²) in [5, 5.41) is 8.60. The molecule has 0 fully saturated rings. The average Bonchev–Trinajstić information content (AvgIpc) is 2.16. The van der Waals surface area contributed by atoms with Crippen molar-refractivity contribution in [3.63, 3.8) is 0 Å². The largest absolute Gasteiger partial charge is 0.495 e. The van der Waals surface area contributed by atoms with E-state index < -0.39 is 11.8 Å². The number of likely N-dealkylation sites (N-methyl/N-ethyl adjacent to an activating group) is 1. The molecule has 0 aliphatic heterocycles. The molecule has 0 heterocycles. The van der Waals surface area contributed by atoms with Crippen molar-refractivity contribution in [3.05, 3.63) is 24.0 Å². The molecule has 82 valence electrons. The van der Waals surface area contributed by atoms with Crippen LogP contribution in [0.25, 0.3) is 0 Å². The minimum Gasteiger partial charge on any atom is -0.495 e. The summed E-state index contributed by atoms with van der Waals surface area (Å²) >= 11 is 0. The van der Waals surface area contributed by atoms with Crippen molar-refractivity contribution in [1.29, 1.82) is 0 Å². The Morgan fingerprint density at radius 2 is 2.27 bits per heavy atom. The maximum absolute atomic E-state index is 13.0. The second-order valence-electron chi connectivity index (χ2n) is 3.07. The number of ether oxygens (including phenoxy) is 1. The first-order valence-corrected chi connectivity index (χ1v) is 4.31. The van der Waals surface area contributed by atoms with Gasteiger partial charge < -0.3 is 14.7 Å². The van der Waals surface area contributed by atoms with Gasteiger partial charge in [-0.05, 0) is 12.1 Å². The smallest absolute Gasteiger partial charge is 0.323 e. The molecule has 1 aromatic carbocycles. The molecule has 0 radical (unpaired) electrons. The van der Waals surface area contributed by atoms with Crippen molar-refractivity contribution in [2.45, 2.75) is 0 Å². The van der Waals surface area contributed by atoms with Crippen molar-refractivity contribution in [2.75, 3.05) is 25.6 Å². The van der Waals surface area contributed by atoms with Crippen molar-refractivity contribution < 1.29 is 19.0 Å². The van der Waals surface area contributed by atoms with Crippen LogP contribution >= 0.6 is 0 Å². The Balaban J connectivity index is 2.99. The third kappa shape index (κ3) is 2.83. The van der Waals surface area contributed by atoms with Crippen LogP contribution in [0.5, 0.6) is 5.75 Å². The summed E-state index contributed by atoms with van der Waals surface area (Å²) in [6.45, 7) is -0.209. The second kappa shape index (κ2) is 4.63. The number of rotatable bonds is 4. The Bertz CT molecular complexity index is 368. The fraction of sp³-hybridized carbons (Fsp3) is 0.300. The van der Waals surface area contributed by atoms with Gasteiger partial charge in [-0.15, -0.1) is 0 Å². The summed E-state index contributed by atoms with van der Waals surface area (Å²) in [7, 11) is 3.01. The van der Waals surface area contributed by atoms with Gasteiger partial charge in [-0.1, -0.05) is 0 Å². The average molecular weight is 213 g/mol. The topological polar surface area (TPSA) is 49.8 Å².